The van der Waals surface area contributed by atoms with E-state index >= 15 is 0 Å². The van der Waals surface area contributed by atoms with E-state index in [1.165, 1.54) is 6.07 Å². The third-order valence-corrected chi connectivity index (χ3v) is 3.51. The molecule has 2 aromatic carbocycles. The summed E-state index contributed by atoms with van der Waals surface area (Å²) in [5.41, 5.74) is 5.82. The molecule has 0 atom stereocenters. The second-order valence-electron chi connectivity index (χ2n) is 5.02. The summed E-state index contributed by atoms with van der Waals surface area (Å²) in [6.07, 6.45) is -4.42. The van der Waals surface area contributed by atoms with Crippen molar-refractivity contribution in [3.8, 4) is 11.5 Å². The maximum Gasteiger partial charge on any atom is 0.416 e. The fourth-order valence-electron chi connectivity index (χ4n) is 2.28. The van der Waals surface area contributed by atoms with Crippen molar-refractivity contribution in [2.45, 2.75) is 20.0 Å². The van der Waals surface area contributed by atoms with Crippen molar-refractivity contribution in [2.24, 2.45) is 0 Å². The molecular formula is C17H19F3N2O. The number of benzene rings is 2. The second-order valence-corrected chi connectivity index (χ2v) is 5.02. The largest absolute Gasteiger partial charge is 0.455 e. The lowest BCUT2D eigenvalue weighted by molar-refractivity contribution is -0.137. The van der Waals surface area contributed by atoms with Crippen LogP contribution in [0.3, 0.4) is 0 Å². The Morgan fingerprint density at radius 2 is 1.74 bits per heavy atom. The minimum atomic E-state index is -4.42. The van der Waals surface area contributed by atoms with Crippen molar-refractivity contribution < 1.29 is 17.9 Å². The van der Waals surface area contributed by atoms with Gasteiger partial charge in [0.05, 0.1) is 11.3 Å². The number of nitrogens with two attached hydrogens (primary N) is 1. The molecule has 0 fully saturated rings. The van der Waals surface area contributed by atoms with Crippen LogP contribution in [0.1, 0.15) is 19.4 Å². The van der Waals surface area contributed by atoms with E-state index < -0.39 is 11.7 Å². The summed E-state index contributed by atoms with van der Waals surface area (Å²) in [5.74, 6) is 0.732. The van der Waals surface area contributed by atoms with Crippen LogP contribution in [-0.4, -0.2) is 13.1 Å². The maximum absolute atomic E-state index is 12.6. The summed E-state index contributed by atoms with van der Waals surface area (Å²) in [5, 5.41) is 0. The molecule has 0 aliphatic heterocycles. The van der Waals surface area contributed by atoms with E-state index in [0.29, 0.717) is 5.75 Å². The molecule has 0 saturated carbocycles. The fraction of sp³-hybridized carbons (Fsp3) is 0.294. The van der Waals surface area contributed by atoms with Crippen LogP contribution in [0, 0.1) is 0 Å². The molecule has 2 rings (SSSR count). The highest BCUT2D eigenvalue weighted by atomic mass is 19.4. The predicted octanol–water partition coefficient (Wildman–Crippen LogP) is 4.93. The maximum atomic E-state index is 12.6. The zero-order valence-corrected chi connectivity index (χ0v) is 13.0. The molecule has 0 spiro atoms. The van der Waals surface area contributed by atoms with Crippen molar-refractivity contribution in [3.05, 3.63) is 48.0 Å². The Hall–Kier alpha value is -2.37. The monoisotopic (exact) mass is 324 g/mol. The van der Waals surface area contributed by atoms with Crippen molar-refractivity contribution in [3.63, 3.8) is 0 Å². The third kappa shape index (κ3) is 4.09. The van der Waals surface area contributed by atoms with Gasteiger partial charge in [0.25, 0.3) is 0 Å². The van der Waals surface area contributed by atoms with E-state index in [4.69, 9.17) is 10.5 Å². The van der Waals surface area contributed by atoms with Crippen LogP contribution in [0.4, 0.5) is 24.5 Å². The second kappa shape index (κ2) is 6.81. The van der Waals surface area contributed by atoms with E-state index in [1.54, 1.807) is 6.07 Å². The van der Waals surface area contributed by atoms with Gasteiger partial charge in [-0.25, -0.2) is 0 Å². The van der Waals surface area contributed by atoms with Gasteiger partial charge in [0.1, 0.15) is 11.5 Å². The molecule has 0 aromatic heterocycles. The fourth-order valence-corrected chi connectivity index (χ4v) is 2.28. The standard InChI is InChI=1S/C17H19F3N2O/c1-3-22(4-2)13-6-5-7-14(11-13)23-16-9-8-12(10-15(16)21)17(18,19)20/h5-11H,3-4,21H2,1-2H3. The first-order valence-electron chi connectivity index (χ1n) is 7.34. The lowest BCUT2D eigenvalue weighted by atomic mass is 10.2. The molecular weight excluding hydrogens is 305 g/mol. The Balaban J connectivity index is 2.24. The molecule has 6 heteroatoms. The van der Waals surface area contributed by atoms with Gasteiger partial charge in [-0.2, -0.15) is 13.2 Å². The number of nitrogen functional groups attached to an aromatic ring is 1. The van der Waals surface area contributed by atoms with Crippen LogP contribution >= 0.6 is 0 Å². The Morgan fingerprint density at radius 3 is 2.30 bits per heavy atom. The summed E-state index contributed by atoms with van der Waals surface area (Å²) in [6.45, 7) is 5.79. The average molecular weight is 324 g/mol. The smallest absolute Gasteiger partial charge is 0.416 e. The van der Waals surface area contributed by atoms with E-state index in [-0.39, 0.29) is 11.4 Å². The molecule has 2 N–H and O–H groups in total. The summed E-state index contributed by atoms with van der Waals surface area (Å²) < 4.78 is 43.6. The summed E-state index contributed by atoms with van der Waals surface area (Å²) in [4.78, 5) is 2.14. The van der Waals surface area contributed by atoms with Gasteiger partial charge in [-0.15, -0.1) is 0 Å². The molecule has 0 unspecified atom stereocenters. The number of rotatable bonds is 5. The molecule has 124 valence electrons. The quantitative estimate of drug-likeness (QED) is 0.793. The van der Waals surface area contributed by atoms with Gasteiger partial charge in [-0.1, -0.05) is 6.07 Å². The van der Waals surface area contributed by atoms with Gasteiger partial charge in [0.2, 0.25) is 0 Å². The first-order valence-corrected chi connectivity index (χ1v) is 7.34. The number of ether oxygens (including phenoxy) is 1. The number of halogens is 3. The van der Waals surface area contributed by atoms with Gasteiger partial charge in [-0.05, 0) is 44.2 Å². The van der Waals surface area contributed by atoms with Crippen LogP contribution in [0.5, 0.6) is 11.5 Å². The van der Waals surface area contributed by atoms with Gasteiger partial charge >= 0.3 is 6.18 Å². The lowest BCUT2D eigenvalue weighted by Gasteiger charge is -2.21. The lowest BCUT2D eigenvalue weighted by Crippen LogP contribution is -2.21. The zero-order valence-electron chi connectivity index (χ0n) is 13.0. The minimum absolute atomic E-state index is 0.0481. The Kier molecular flexibility index (Phi) is 5.03. The molecule has 0 amide bonds. The van der Waals surface area contributed by atoms with E-state index in [9.17, 15) is 13.2 Å². The summed E-state index contributed by atoms with van der Waals surface area (Å²) in [7, 11) is 0. The first kappa shape index (κ1) is 17.0. The van der Waals surface area contributed by atoms with Crippen molar-refractivity contribution in [1.29, 1.82) is 0 Å². The molecule has 0 aliphatic rings. The normalized spacial score (nSPS) is 11.3. The highest BCUT2D eigenvalue weighted by molar-refractivity contribution is 5.57. The van der Waals surface area contributed by atoms with Crippen molar-refractivity contribution in [1.82, 2.24) is 0 Å². The molecule has 2 aromatic rings. The molecule has 0 aliphatic carbocycles. The van der Waals surface area contributed by atoms with E-state index in [2.05, 4.69) is 4.90 Å². The Bertz CT molecular complexity index is 667. The number of hydrogen-bond acceptors (Lipinski definition) is 3. The molecule has 23 heavy (non-hydrogen) atoms. The number of hydrogen-bond donors (Lipinski definition) is 1. The van der Waals surface area contributed by atoms with Gasteiger partial charge in [0, 0.05) is 24.8 Å². The number of nitrogens with zero attached hydrogens (tertiary/aromatic N) is 1. The van der Waals surface area contributed by atoms with Crippen LogP contribution in [-0.2, 0) is 6.18 Å². The van der Waals surface area contributed by atoms with E-state index in [0.717, 1.165) is 30.9 Å². The SMILES string of the molecule is CCN(CC)c1cccc(Oc2ccc(C(F)(F)F)cc2N)c1. The zero-order chi connectivity index (χ0) is 17.0. The Morgan fingerprint density at radius 1 is 1.04 bits per heavy atom. The third-order valence-electron chi connectivity index (χ3n) is 3.51. The summed E-state index contributed by atoms with van der Waals surface area (Å²) >= 11 is 0. The van der Waals surface area contributed by atoms with Crippen LogP contribution in [0.2, 0.25) is 0 Å². The first-order chi connectivity index (χ1) is 10.8. The van der Waals surface area contributed by atoms with Crippen molar-refractivity contribution >= 4 is 11.4 Å². The molecule has 3 nitrogen and oxygen atoms in total. The average Bonchev–Trinajstić information content (AvgIpc) is 2.50. The van der Waals surface area contributed by atoms with Gasteiger partial charge in [0.15, 0.2) is 0 Å². The van der Waals surface area contributed by atoms with E-state index in [1.807, 2.05) is 32.0 Å². The molecule has 0 saturated heterocycles. The highest BCUT2D eigenvalue weighted by Crippen LogP contribution is 2.35. The minimum Gasteiger partial charge on any atom is -0.455 e. The Labute approximate surface area is 133 Å². The van der Waals surface area contributed by atoms with Crippen LogP contribution in [0.15, 0.2) is 42.5 Å². The summed E-state index contributed by atoms with van der Waals surface area (Å²) in [6, 6.07) is 10.4. The van der Waals surface area contributed by atoms with Gasteiger partial charge in [-0.3, -0.25) is 0 Å². The molecule has 0 radical (unpaired) electrons. The highest BCUT2D eigenvalue weighted by Gasteiger charge is 2.31. The topological polar surface area (TPSA) is 38.5 Å². The van der Waals surface area contributed by atoms with Crippen LogP contribution < -0.4 is 15.4 Å². The van der Waals surface area contributed by atoms with Crippen LogP contribution in [0.25, 0.3) is 0 Å². The van der Waals surface area contributed by atoms with Crippen molar-refractivity contribution in [2.75, 3.05) is 23.7 Å². The number of alkyl halides is 3. The molecule has 0 bridgehead atoms. The molecule has 0 heterocycles. The van der Waals surface area contributed by atoms with Gasteiger partial charge < -0.3 is 15.4 Å². The predicted molar refractivity (Wildman–Crippen MR) is 85.9 cm³/mol. The number of anilines is 2.